The van der Waals surface area contributed by atoms with E-state index in [1.165, 1.54) is 9.88 Å². The van der Waals surface area contributed by atoms with E-state index >= 15 is 0 Å². The third kappa shape index (κ3) is 3.75. The maximum Gasteiger partial charge on any atom is 0.109 e. The van der Waals surface area contributed by atoms with Crippen LogP contribution >= 0.6 is 11.3 Å². The number of thiazole rings is 1. The fourth-order valence-electron chi connectivity index (χ4n) is 2.07. The van der Waals surface area contributed by atoms with E-state index in [1.54, 1.807) is 11.3 Å². The second-order valence-corrected chi connectivity index (χ2v) is 6.05. The van der Waals surface area contributed by atoms with E-state index in [0.717, 1.165) is 32.7 Å². The van der Waals surface area contributed by atoms with Crippen molar-refractivity contribution in [2.24, 2.45) is 0 Å². The van der Waals surface area contributed by atoms with Gasteiger partial charge < -0.3 is 15.0 Å². The smallest absolute Gasteiger partial charge is 0.109 e. The van der Waals surface area contributed by atoms with E-state index in [1.807, 2.05) is 6.20 Å². The van der Waals surface area contributed by atoms with Gasteiger partial charge in [0.05, 0.1) is 18.8 Å². The quantitative estimate of drug-likeness (QED) is 0.882. The van der Waals surface area contributed by atoms with Crippen molar-refractivity contribution in [3.63, 3.8) is 0 Å². The molecule has 1 aromatic rings. The second-order valence-electron chi connectivity index (χ2n) is 4.90. The van der Waals surface area contributed by atoms with Gasteiger partial charge in [0.2, 0.25) is 0 Å². The summed E-state index contributed by atoms with van der Waals surface area (Å²) < 4.78 is 5.74. The molecule has 2 rings (SSSR count). The molecule has 1 aliphatic heterocycles. The van der Waals surface area contributed by atoms with Gasteiger partial charge in [-0.25, -0.2) is 4.98 Å². The first-order valence-electron chi connectivity index (χ1n) is 6.67. The molecular weight excluding hydrogens is 246 g/mol. The maximum atomic E-state index is 5.74. The summed E-state index contributed by atoms with van der Waals surface area (Å²) in [5, 5.41) is 4.70. The molecule has 2 heterocycles. The summed E-state index contributed by atoms with van der Waals surface area (Å²) in [6.07, 6.45) is 3.36. The Balaban J connectivity index is 1.78. The molecule has 0 amide bonds. The van der Waals surface area contributed by atoms with E-state index in [4.69, 9.17) is 4.74 Å². The summed E-state index contributed by atoms with van der Waals surface area (Å²) in [5.74, 6) is 0. The zero-order valence-corrected chi connectivity index (χ0v) is 12.3. The lowest BCUT2D eigenvalue weighted by Crippen LogP contribution is -2.45. The highest BCUT2D eigenvalue weighted by atomic mass is 32.1. The minimum absolute atomic E-state index is 0.303. The van der Waals surface area contributed by atoms with Crippen LogP contribution in [0.3, 0.4) is 0 Å². The first-order valence-corrected chi connectivity index (χ1v) is 7.48. The van der Waals surface area contributed by atoms with Crippen LogP contribution in [0.4, 0.5) is 0 Å². The molecule has 5 heteroatoms. The molecule has 1 N–H and O–H groups in total. The minimum Gasteiger partial charge on any atom is -0.374 e. The molecule has 18 heavy (non-hydrogen) atoms. The lowest BCUT2D eigenvalue weighted by molar-refractivity contribution is -0.0190. The number of likely N-dealkylation sites (N-methyl/N-ethyl adjacent to an activating group) is 1. The number of hydrogen-bond acceptors (Lipinski definition) is 5. The second kappa shape index (κ2) is 6.61. The number of nitrogens with zero attached hydrogens (tertiary/aromatic N) is 2. The molecule has 1 fully saturated rings. The van der Waals surface area contributed by atoms with Crippen molar-refractivity contribution < 1.29 is 4.74 Å². The van der Waals surface area contributed by atoms with Crippen LogP contribution in [-0.2, 0) is 11.2 Å². The van der Waals surface area contributed by atoms with Gasteiger partial charge in [0.1, 0.15) is 5.01 Å². The van der Waals surface area contributed by atoms with Crippen LogP contribution in [0.2, 0.25) is 0 Å². The SMILES string of the molecule is CCc1cnc(C(C)NCC2CN(C)CCO2)s1. The normalized spacial score (nSPS) is 23.2. The summed E-state index contributed by atoms with van der Waals surface area (Å²) >= 11 is 1.80. The monoisotopic (exact) mass is 269 g/mol. The van der Waals surface area contributed by atoms with Crippen LogP contribution in [0.1, 0.15) is 29.8 Å². The topological polar surface area (TPSA) is 37.4 Å². The van der Waals surface area contributed by atoms with Crippen molar-refractivity contribution >= 4 is 11.3 Å². The van der Waals surface area contributed by atoms with E-state index in [2.05, 4.69) is 36.1 Å². The Hall–Kier alpha value is -0.490. The van der Waals surface area contributed by atoms with Crippen LogP contribution in [-0.4, -0.2) is 49.3 Å². The fourth-order valence-corrected chi connectivity index (χ4v) is 2.96. The number of morpholine rings is 1. The van der Waals surface area contributed by atoms with Gasteiger partial charge in [0.15, 0.2) is 0 Å². The van der Waals surface area contributed by atoms with E-state index < -0.39 is 0 Å². The largest absolute Gasteiger partial charge is 0.374 e. The minimum atomic E-state index is 0.303. The first kappa shape index (κ1) is 13.9. The highest BCUT2D eigenvalue weighted by Gasteiger charge is 2.19. The van der Waals surface area contributed by atoms with Crippen LogP contribution in [0.5, 0.6) is 0 Å². The Morgan fingerprint density at radius 2 is 2.50 bits per heavy atom. The molecule has 0 spiro atoms. The number of rotatable bonds is 5. The zero-order chi connectivity index (χ0) is 13.0. The Morgan fingerprint density at radius 3 is 3.17 bits per heavy atom. The number of aryl methyl sites for hydroxylation is 1. The molecule has 0 aromatic carbocycles. The van der Waals surface area contributed by atoms with Gasteiger partial charge in [-0.3, -0.25) is 0 Å². The Bertz CT molecular complexity index is 369. The summed E-state index contributed by atoms with van der Waals surface area (Å²) in [6.45, 7) is 8.13. The van der Waals surface area contributed by atoms with Crippen LogP contribution in [0.15, 0.2) is 6.20 Å². The highest BCUT2D eigenvalue weighted by molar-refractivity contribution is 7.11. The van der Waals surface area contributed by atoms with Crippen molar-refractivity contribution in [3.05, 3.63) is 16.1 Å². The van der Waals surface area contributed by atoms with E-state index in [9.17, 15) is 0 Å². The zero-order valence-electron chi connectivity index (χ0n) is 11.5. The van der Waals surface area contributed by atoms with E-state index in [0.29, 0.717) is 12.1 Å². The molecule has 102 valence electrons. The first-order chi connectivity index (χ1) is 8.69. The third-order valence-electron chi connectivity index (χ3n) is 3.28. The van der Waals surface area contributed by atoms with Gasteiger partial charge in [0, 0.05) is 30.7 Å². The number of nitrogens with one attached hydrogen (secondary N) is 1. The van der Waals surface area contributed by atoms with Crippen molar-refractivity contribution in [1.29, 1.82) is 0 Å². The van der Waals surface area contributed by atoms with Crippen LogP contribution < -0.4 is 5.32 Å². The Morgan fingerprint density at radius 1 is 1.67 bits per heavy atom. The molecule has 1 aromatic heterocycles. The van der Waals surface area contributed by atoms with Gasteiger partial charge in [-0.05, 0) is 20.4 Å². The Labute approximate surface area is 113 Å². The van der Waals surface area contributed by atoms with E-state index in [-0.39, 0.29) is 0 Å². The average molecular weight is 269 g/mol. The number of aromatic nitrogens is 1. The Kier molecular flexibility index (Phi) is 5.12. The number of hydrogen-bond donors (Lipinski definition) is 1. The molecule has 2 unspecified atom stereocenters. The fraction of sp³-hybridized carbons (Fsp3) is 0.769. The lowest BCUT2D eigenvalue weighted by atomic mass is 10.2. The molecule has 4 nitrogen and oxygen atoms in total. The molecule has 1 aliphatic rings. The van der Waals surface area contributed by atoms with Crippen LogP contribution in [0, 0.1) is 0 Å². The van der Waals surface area contributed by atoms with Gasteiger partial charge in [0.25, 0.3) is 0 Å². The predicted octanol–water partition coefficient (Wildman–Crippen LogP) is 1.69. The molecule has 0 radical (unpaired) electrons. The molecule has 1 saturated heterocycles. The molecule has 2 atom stereocenters. The summed E-state index contributed by atoms with van der Waals surface area (Å²) in [4.78, 5) is 8.14. The average Bonchev–Trinajstić information content (AvgIpc) is 2.85. The third-order valence-corrected chi connectivity index (χ3v) is 4.61. The predicted molar refractivity (Wildman–Crippen MR) is 75.1 cm³/mol. The van der Waals surface area contributed by atoms with Gasteiger partial charge in [-0.1, -0.05) is 6.92 Å². The van der Waals surface area contributed by atoms with Gasteiger partial charge in [-0.15, -0.1) is 11.3 Å². The van der Waals surface area contributed by atoms with Gasteiger partial charge in [-0.2, -0.15) is 0 Å². The summed E-state index contributed by atoms with van der Waals surface area (Å²) in [7, 11) is 2.15. The standard InChI is InChI=1S/C13H23N3OS/c1-4-12-8-15-13(18-12)10(2)14-7-11-9-16(3)5-6-17-11/h8,10-11,14H,4-7,9H2,1-3H3. The van der Waals surface area contributed by atoms with Gasteiger partial charge >= 0.3 is 0 Å². The highest BCUT2D eigenvalue weighted by Crippen LogP contribution is 2.20. The van der Waals surface area contributed by atoms with Crippen LogP contribution in [0.25, 0.3) is 0 Å². The van der Waals surface area contributed by atoms with Crippen molar-refractivity contribution in [2.75, 3.05) is 33.3 Å². The molecule has 0 aliphatic carbocycles. The summed E-state index contributed by atoms with van der Waals surface area (Å²) in [5.41, 5.74) is 0. The molecule has 0 saturated carbocycles. The number of ether oxygens (including phenoxy) is 1. The maximum absolute atomic E-state index is 5.74. The molecule has 0 bridgehead atoms. The lowest BCUT2D eigenvalue weighted by Gasteiger charge is -2.30. The summed E-state index contributed by atoms with van der Waals surface area (Å²) in [6, 6.07) is 0.311. The molecular formula is C13H23N3OS. The van der Waals surface area contributed by atoms with Crippen molar-refractivity contribution in [3.8, 4) is 0 Å². The van der Waals surface area contributed by atoms with Crippen molar-refractivity contribution in [1.82, 2.24) is 15.2 Å². The van der Waals surface area contributed by atoms with Crippen molar-refractivity contribution in [2.45, 2.75) is 32.4 Å².